The van der Waals surface area contributed by atoms with Crippen molar-refractivity contribution in [2.45, 2.75) is 25.8 Å². The Morgan fingerprint density at radius 3 is 2.59 bits per heavy atom. The third-order valence-electron chi connectivity index (χ3n) is 2.37. The van der Waals surface area contributed by atoms with Crippen LogP contribution in [-0.2, 0) is 20.9 Å². The predicted molar refractivity (Wildman–Crippen MR) is 63.3 cm³/mol. The molecule has 1 N–H and O–H groups in total. The van der Waals surface area contributed by atoms with Crippen molar-refractivity contribution in [3.8, 4) is 0 Å². The molecule has 1 amide bonds. The molecular weight excluding hydrogens is 220 g/mol. The Morgan fingerprint density at radius 2 is 1.94 bits per heavy atom. The summed E-state index contributed by atoms with van der Waals surface area (Å²) >= 11 is 0. The molecule has 0 saturated carbocycles. The van der Waals surface area contributed by atoms with Crippen LogP contribution in [0.15, 0.2) is 24.5 Å². The molecule has 17 heavy (non-hydrogen) atoms. The molecule has 5 heteroatoms. The van der Waals surface area contributed by atoms with Crippen LogP contribution >= 0.6 is 0 Å². The summed E-state index contributed by atoms with van der Waals surface area (Å²) < 4.78 is 6.48. The van der Waals surface area contributed by atoms with Crippen LogP contribution in [0.4, 0.5) is 0 Å². The summed E-state index contributed by atoms with van der Waals surface area (Å²) in [4.78, 5) is 22.2. The summed E-state index contributed by atoms with van der Waals surface area (Å²) in [7, 11) is 1.35. The first-order valence-electron chi connectivity index (χ1n) is 5.66. The first-order valence-corrected chi connectivity index (χ1v) is 5.66. The SMILES string of the molecule is COC(=O)CCCC(=O)NCCn1cccc1. The molecule has 94 valence electrons. The van der Waals surface area contributed by atoms with Gasteiger partial charge in [-0.3, -0.25) is 9.59 Å². The second-order valence-corrected chi connectivity index (χ2v) is 3.70. The van der Waals surface area contributed by atoms with Gasteiger partial charge in [0, 0.05) is 38.3 Å². The number of nitrogens with one attached hydrogen (secondary N) is 1. The normalized spacial score (nSPS) is 9.94. The standard InChI is InChI=1S/C12H18N2O3/c1-17-12(16)6-4-5-11(15)13-7-10-14-8-2-3-9-14/h2-3,8-9H,4-7,10H2,1H3,(H,13,15). The van der Waals surface area contributed by atoms with E-state index < -0.39 is 0 Å². The number of methoxy groups -OCH3 is 1. The molecule has 0 aromatic carbocycles. The van der Waals surface area contributed by atoms with Gasteiger partial charge in [0.2, 0.25) is 5.91 Å². The van der Waals surface area contributed by atoms with Crippen molar-refractivity contribution >= 4 is 11.9 Å². The van der Waals surface area contributed by atoms with Gasteiger partial charge in [-0.2, -0.15) is 0 Å². The molecular formula is C12H18N2O3. The van der Waals surface area contributed by atoms with Crippen molar-refractivity contribution in [3.63, 3.8) is 0 Å². The molecule has 1 aromatic heterocycles. The number of esters is 1. The summed E-state index contributed by atoms with van der Waals surface area (Å²) in [5.41, 5.74) is 0. The van der Waals surface area contributed by atoms with Crippen LogP contribution in [0.5, 0.6) is 0 Å². The summed E-state index contributed by atoms with van der Waals surface area (Å²) in [5, 5.41) is 2.80. The Balaban J connectivity index is 2.03. The Morgan fingerprint density at radius 1 is 1.24 bits per heavy atom. The van der Waals surface area contributed by atoms with E-state index >= 15 is 0 Å². The van der Waals surface area contributed by atoms with E-state index in [-0.39, 0.29) is 11.9 Å². The number of carbonyl (C=O) groups excluding carboxylic acids is 2. The smallest absolute Gasteiger partial charge is 0.305 e. The van der Waals surface area contributed by atoms with Crippen LogP contribution in [-0.4, -0.2) is 30.1 Å². The molecule has 1 rings (SSSR count). The van der Waals surface area contributed by atoms with Gasteiger partial charge in [-0.05, 0) is 18.6 Å². The summed E-state index contributed by atoms with van der Waals surface area (Å²) in [5.74, 6) is -0.300. The number of ether oxygens (including phenoxy) is 1. The molecule has 0 unspecified atom stereocenters. The van der Waals surface area contributed by atoms with Gasteiger partial charge in [0.15, 0.2) is 0 Å². The molecule has 0 spiro atoms. The topological polar surface area (TPSA) is 60.3 Å². The first-order chi connectivity index (χ1) is 8.22. The molecule has 0 aliphatic heterocycles. The number of amides is 1. The number of hydrogen-bond donors (Lipinski definition) is 1. The monoisotopic (exact) mass is 238 g/mol. The van der Waals surface area contributed by atoms with Crippen LogP contribution in [0.2, 0.25) is 0 Å². The lowest BCUT2D eigenvalue weighted by Crippen LogP contribution is -2.26. The highest BCUT2D eigenvalue weighted by atomic mass is 16.5. The molecule has 0 radical (unpaired) electrons. The van der Waals surface area contributed by atoms with Crippen molar-refractivity contribution in [2.75, 3.05) is 13.7 Å². The maximum absolute atomic E-state index is 11.4. The Hall–Kier alpha value is -1.78. The van der Waals surface area contributed by atoms with Crippen LogP contribution in [0.1, 0.15) is 19.3 Å². The van der Waals surface area contributed by atoms with Crippen molar-refractivity contribution in [3.05, 3.63) is 24.5 Å². The lowest BCUT2D eigenvalue weighted by Gasteiger charge is -2.05. The van der Waals surface area contributed by atoms with Crippen molar-refractivity contribution < 1.29 is 14.3 Å². The zero-order valence-electron chi connectivity index (χ0n) is 10.0. The van der Waals surface area contributed by atoms with Crippen molar-refractivity contribution in [1.82, 2.24) is 9.88 Å². The average Bonchev–Trinajstić information content (AvgIpc) is 2.82. The minimum absolute atomic E-state index is 0.0268. The molecule has 1 aromatic rings. The summed E-state index contributed by atoms with van der Waals surface area (Å²) in [6.07, 6.45) is 5.08. The van der Waals surface area contributed by atoms with Gasteiger partial charge in [0.1, 0.15) is 0 Å². The van der Waals surface area contributed by atoms with Crippen LogP contribution < -0.4 is 5.32 Å². The minimum atomic E-state index is -0.273. The number of nitrogens with zero attached hydrogens (tertiary/aromatic N) is 1. The van der Waals surface area contributed by atoms with Gasteiger partial charge in [-0.15, -0.1) is 0 Å². The van der Waals surface area contributed by atoms with E-state index in [0.29, 0.717) is 25.8 Å². The van der Waals surface area contributed by atoms with Gasteiger partial charge < -0.3 is 14.6 Å². The quantitative estimate of drug-likeness (QED) is 0.719. The predicted octanol–water partition coefficient (Wildman–Crippen LogP) is 0.948. The fraction of sp³-hybridized carbons (Fsp3) is 0.500. The third-order valence-corrected chi connectivity index (χ3v) is 2.37. The number of carbonyl (C=O) groups is 2. The minimum Gasteiger partial charge on any atom is -0.469 e. The average molecular weight is 238 g/mol. The van der Waals surface area contributed by atoms with E-state index in [1.54, 1.807) is 0 Å². The van der Waals surface area contributed by atoms with Gasteiger partial charge in [-0.1, -0.05) is 0 Å². The van der Waals surface area contributed by atoms with Gasteiger partial charge in [0.05, 0.1) is 7.11 Å². The zero-order chi connectivity index (χ0) is 12.5. The lowest BCUT2D eigenvalue weighted by molar-refractivity contribution is -0.140. The number of hydrogen-bond acceptors (Lipinski definition) is 3. The fourth-order valence-corrected chi connectivity index (χ4v) is 1.43. The Labute approximate surface area is 101 Å². The van der Waals surface area contributed by atoms with E-state index in [4.69, 9.17) is 0 Å². The van der Waals surface area contributed by atoms with E-state index in [1.165, 1.54) is 7.11 Å². The highest BCUT2D eigenvalue weighted by molar-refractivity contribution is 5.76. The molecule has 0 atom stereocenters. The van der Waals surface area contributed by atoms with Crippen LogP contribution in [0.3, 0.4) is 0 Å². The largest absolute Gasteiger partial charge is 0.469 e. The van der Waals surface area contributed by atoms with Gasteiger partial charge in [-0.25, -0.2) is 0 Å². The summed E-state index contributed by atoms with van der Waals surface area (Å²) in [6, 6.07) is 3.89. The second kappa shape index (κ2) is 7.49. The van der Waals surface area contributed by atoms with E-state index in [1.807, 2.05) is 29.1 Å². The van der Waals surface area contributed by atoms with Gasteiger partial charge >= 0.3 is 5.97 Å². The van der Waals surface area contributed by atoms with E-state index in [0.717, 1.165) is 6.54 Å². The lowest BCUT2D eigenvalue weighted by atomic mass is 10.2. The summed E-state index contributed by atoms with van der Waals surface area (Å²) in [6.45, 7) is 1.36. The molecule has 0 bridgehead atoms. The van der Waals surface area contributed by atoms with Crippen LogP contribution in [0, 0.1) is 0 Å². The highest BCUT2D eigenvalue weighted by Gasteiger charge is 2.04. The number of aromatic nitrogens is 1. The molecule has 0 saturated heterocycles. The van der Waals surface area contributed by atoms with E-state index in [9.17, 15) is 9.59 Å². The maximum Gasteiger partial charge on any atom is 0.305 e. The maximum atomic E-state index is 11.4. The molecule has 1 heterocycles. The second-order valence-electron chi connectivity index (χ2n) is 3.70. The van der Waals surface area contributed by atoms with Crippen molar-refractivity contribution in [1.29, 1.82) is 0 Å². The third kappa shape index (κ3) is 5.75. The molecule has 5 nitrogen and oxygen atoms in total. The molecule has 0 aliphatic rings. The number of rotatable bonds is 7. The first kappa shape index (κ1) is 13.3. The zero-order valence-corrected chi connectivity index (χ0v) is 10.0. The van der Waals surface area contributed by atoms with E-state index in [2.05, 4.69) is 10.1 Å². The van der Waals surface area contributed by atoms with Crippen LogP contribution in [0.25, 0.3) is 0 Å². The van der Waals surface area contributed by atoms with Gasteiger partial charge in [0.25, 0.3) is 0 Å². The highest BCUT2D eigenvalue weighted by Crippen LogP contribution is 1.97. The molecule has 0 aliphatic carbocycles. The fourth-order valence-electron chi connectivity index (χ4n) is 1.43. The Bertz CT molecular complexity index is 347. The van der Waals surface area contributed by atoms with Crippen molar-refractivity contribution in [2.24, 2.45) is 0 Å². The molecule has 0 fully saturated rings. The Kier molecular flexibility index (Phi) is 5.85.